The minimum atomic E-state index is -0.216. The molecule has 2 saturated heterocycles. The van der Waals surface area contributed by atoms with Gasteiger partial charge in [0.15, 0.2) is 0 Å². The van der Waals surface area contributed by atoms with Crippen molar-refractivity contribution in [2.75, 3.05) is 44.2 Å². The number of aromatic nitrogens is 1. The highest BCUT2D eigenvalue weighted by Crippen LogP contribution is 2.27. The Labute approximate surface area is 241 Å². The van der Waals surface area contributed by atoms with Crippen molar-refractivity contribution < 1.29 is 6.22 Å². The Morgan fingerprint density at radius 2 is 1.74 bits per heavy atom. The summed E-state index contributed by atoms with van der Waals surface area (Å²) in [6, 6.07) is 19.8. The number of carbonyl (C=O) groups is 1. The third-order valence-corrected chi connectivity index (χ3v) is 8.12. The molecule has 0 radical (unpaired) electrons. The quantitative estimate of drug-likeness (QED) is 0.424. The van der Waals surface area contributed by atoms with E-state index in [9.17, 15) is 4.79 Å². The minimum Gasteiger partial charge on any atom is -0.353 e. The van der Waals surface area contributed by atoms with Gasteiger partial charge in [0.25, 0.3) is 5.91 Å². The average Bonchev–Trinajstić information content (AvgIpc) is 2.97. The number of nitrogens with one attached hydrogen (secondary N) is 1. The molecule has 0 spiro atoms. The number of amides is 1. The monoisotopic (exact) mass is 564 g/mol. The van der Waals surface area contributed by atoms with Gasteiger partial charge in [-0.05, 0) is 67.4 Å². The van der Waals surface area contributed by atoms with Crippen LogP contribution in [0.15, 0.2) is 60.8 Å². The molecule has 2 fully saturated rings. The first-order valence-electron chi connectivity index (χ1n) is 13.4. The summed E-state index contributed by atoms with van der Waals surface area (Å²) in [5, 5.41) is 13.0. The highest BCUT2D eigenvalue weighted by Gasteiger charge is 2.28. The van der Waals surface area contributed by atoms with Crippen molar-refractivity contribution in [3.8, 4) is 6.07 Å². The van der Waals surface area contributed by atoms with Gasteiger partial charge < -0.3 is 10.2 Å². The van der Waals surface area contributed by atoms with Gasteiger partial charge >= 0.3 is 0 Å². The fourth-order valence-corrected chi connectivity index (χ4v) is 5.90. The number of halogens is 2. The van der Waals surface area contributed by atoms with E-state index in [1.165, 1.54) is 5.56 Å². The van der Waals surface area contributed by atoms with Crippen LogP contribution in [0.3, 0.4) is 0 Å². The Balaban J connectivity index is 0.00000370. The molecular formula is C30H34Cl2N6O. The van der Waals surface area contributed by atoms with Crippen molar-refractivity contribution in [2.24, 2.45) is 0 Å². The van der Waals surface area contributed by atoms with Crippen molar-refractivity contribution in [1.82, 2.24) is 20.1 Å². The Hall–Kier alpha value is -3.15. The van der Waals surface area contributed by atoms with E-state index < -0.39 is 0 Å². The van der Waals surface area contributed by atoms with Crippen LogP contribution in [0.1, 0.15) is 41.3 Å². The molecule has 3 heterocycles. The molecule has 3 aromatic rings. The number of carbonyl (C=O) groups excluding carboxylic acids is 1. The molecule has 0 saturated carbocycles. The Bertz CT molecular complexity index is 1330. The second-order valence-corrected chi connectivity index (χ2v) is 11.0. The van der Waals surface area contributed by atoms with Gasteiger partial charge in [0, 0.05) is 58.0 Å². The molecule has 1 aromatic heterocycles. The van der Waals surface area contributed by atoms with Crippen LogP contribution < -0.4 is 10.2 Å². The van der Waals surface area contributed by atoms with Crippen LogP contribution in [0, 0.1) is 11.3 Å². The fourth-order valence-electron chi connectivity index (χ4n) is 5.40. The van der Waals surface area contributed by atoms with Crippen molar-refractivity contribution in [2.45, 2.75) is 32.0 Å². The summed E-state index contributed by atoms with van der Waals surface area (Å²) in [5.41, 5.74) is 3.34. The smallest absolute Gasteiger partial charge is 0.253 e. The number of pyridine rings is 1. The molecule has 1 N–H and O–H groups in total. The lowest BCUT2D eigenvalue weighted by atomic mass is 10.0. The molecule has 2 aliphatic rings. The van der Waals surface area contributed by atoms with Crippen LogP contribution in [0.2, 0.25) is 10.0 Å². The number of nitrogens with zero attached hydrogens (tertiary/aromatic N) is 5. The molecule has 5 rings (SSSR count). The van der Waals surface area contributed by atoms with Crippen LogP contribution >= 0.6 is 23.2 Å². The van der Waals surface area contributed by atoms with E-state index in [-0.39, 0.29) is 7.33 Å². The molecule has 0 bridgehead atoms. The molecule has 39 heavy (non-hydrogen) atoms. The van der Waals surface area contributed by atoms with Crippen molar-refractivity contribution in [3.05, 3.63) is 93.1 Å². The second kappa shape index (κ2) is 12.8. The maximum atomic E-state index is 12.6. The Kier molecular flexibility index (Phi) is 9.00. The molecule has 9 heteroatoms. The van der Waals surface area contributed by atoms with Gasteiger partial charge in [0.2, 0.25) is 0 Å². The first kappa shape index (κ1) is 27.4. The summed E-state index contributed by atoms with van der Waals surface area (Å²) in [5.74, 6) is 0.520. The van der Waals surface area contributed by atoms with E-state index in [0.29, 0.717) is 33.8 Å². The lowest BCUT2D eigenvalue weighted by Crippen LogP contribution is -2.53. The topological polar surface area (TPSA) is 75.5 Å². The molecule has 0 aliphatic carbocycles. The second-order valence-electron chi connectivity index (χ2n) is 10.2. The lowest BCUT2D eigenvalue weighted by Gasteiger charge is -2.43. The molecule has 1 amide bonds. The molecule has 0 unspecified atom stereocenters. The van der Waals surface area contributed by atoms with E-state index in [0.717, 1.165) is 70.0 Å². The van der Waals surface area contributed by atoms with Gasteiger partial charge in [-0.3, -0.25) is 14.6 Å². The van der Waals surface area contributed by atoms with Crippen LogP contribution in [0.4, 0.5) is 5.82 Å². The van der Waals surface area contributed by atoms with E-state index in [1.54, 1.807) is 18.3 Å². The summed E-state index contributed by atoms with van der Waals surface area (Å²) in [4.78, 5) is 24.5. The predicted molar refractivity (Wildman–Crippen MR) is 157 cm³/mol. The van der Waals surface area contributed by atoms with Crippen LogP contribution in [0.25, 0.3) is 0 Å². The van der Waals surface area contributed by atoms with Crippen LogP contribution in [0.5, 0.6) is 0 Å². The number of piperidine rings is 1. The molecular weight excluding hydrogens is 531 g/mol. The van der Waals surface area contributed by atoms with Gasteiger partial charge in [0.05, 0.1) is 22.2 Å². The van der Waals surface area contributed by atoms with Gasteiger partial charge in [-0.2, -0.15) is 5.26 Å². The number of rotatable bonds is 7. The maximum absolute atomic E-state index is 12.6. The van der Waals surface area contributed by atoms with Gasteiger partial charge in [-0.1, -0.05) is 47.5 Å². The summed E-state index contributed by atoms with van der Waals surface area (Å²) in [7, 11) is 0. The Morgan fingerprint density at radius 1 is 1.00 bits per heavy atom. The third-order valence-electron chi connectivity index (χ3n) is 7.60. The predicted octanol–water partition coefficient (Wildman–Crippen LogP) is 5.22. The molecule has 0 atom stereocenters. The molecule has 2 aliphatic heterocycles. The highest BCUT2D eigenvalue weighted by molar-refractivity contribution is 6.33. The first-order valence-corrected chi connectivity index (χ1v) is 14.1. The zero-order chi connectivity index (χ0) is 27.2. The summed E-state index contributed by atoms with van der Waals surface area (Å²) in [6.45, 7) is 7.15. The zero-order valence-corrected chi connectivity index (χ0v) is 23.3. The molecule has 204 valence electrons. The minimum absolute atomic E-state index is 0. The van der Waals surface area contributed by atoms with E-state index in [2.05, 4.69) is 43.2 Å². The zero-order valence-electron chi connectivity index (χ0n) is 21.8. The largest absolute Gasteiger partial charge is 0.353 e. The number of hydrogen-bond acceptors (Lipinski definition) is 6. The molecule has 7 nitrogen and oxygen atoms in total. The number of nitriles is 1. The van der Waals surface area contributed by atoms with E-state index in [4.69, 9.17) is 28.5 Å². The van der Waals surface area contributed by atoms with E-state index in [1.807, 2.05) is 30.3 Å². The van der Waals surface area contributed by atoms with E-state index >= 15 is 0 Å². The number of benzene rings is 2. The van der Waals surface area contributed by atoms with Crippen molar-refractivity contribution >= 4 is 34.9 Å². The number of anilines is 1. The third kappa shape index (κ3) is 7.09. The fraction of sp³-hybridized carbons (Fsp3) is 0.367. The average molecular weight is 566 g/mol. The Morgan fingerprint density at radius 3 is 2.41 bits per heavy atom. The SMILES string of the molecule is N#Cc1ccc(CN2CCC(N3CCN(c4ncc(C(=O)NCc5cccc(Cl)c5)cc4Cl)CC3)CC2)cc1.[HH]. The van der Waals surface area contributed by atoms with Gasteiger partial charge in [-0.15, -0.1) is 0 Å². The first-order chi connectivity index (χ1) is 19.0. The van der Waals surface area contributed by atoms with Gasteiger partial charge in [-0.25, -0.2) is 4.98 Å². The standard InChI is InChI=1S/C30H32Cl2N6O.H2/c31-26-3-1-2-24(16-26)19-35-30(39)25-17-28(32)29(34-20-25)38-14-12-37(13-15-38)27-8-10-36(11-9-27)21-23-6-4-22(18-33)5-7-23;/h1-7,16-17,20,27H,8-15,19,21H2,(H,35,39);1H. The summed E-state index contributed by atoms with van der Waals surface area (Å²) in [6.07, 6.45) is 3.92. The van der Waals surface area contributed by atoms with Crippen molar-refractivity contribution in [3.63, 3.8) is 0 Å². The number of likely N-dealkylation sites (tertiary alicyclic amines) is 1. The lowest BCUT2D eigenvalue weighted by molar-refractivity contribution is 0.0950. The normalized spacial score (nSPS) is 17.1. The number of piperazine rings is 1. The summed E-state index contributed by atoms with van der Waals surface area (Å²) >= 11 is 12.6. The summed E-state index contributed by atoms with van der Waals surface area (Å²) < 4.78 is 0. The van der Waals surface area contributed by atoms with Crippen molar-refractivity contribution in [1.29, 1.82) is 5.26 Å². The van der Waals surface area contributed by atoms with Crippen LogP contribution in [-0.4, -0.2) is 66.0 Å². The molecule has 2 aromatic carbocycles. The maximum Gasteiger partial charge on any atom is 0.253 e. The van der Waals surface area contributed by atoms with Gasteiger partial charge in [0.1, 0.15) is 5.82 Å². The highest BCUT2D eigenvalue weighted by atomic mass is 35.5. The number of hydrogen-bond donors (Lipinski definition) is 1. The van der Waals surface area contributed by atoms with Crippen LogP contribution in [-0.2, 0) is 13.1 Å².